The Kier molecular flexibility index (Phi) is 5.42. The molecule has 2 aromatic carbocycles. The van der Waals surface area contributed by atoms with Crippen molar-refractivity contribution in [2.75, 3.05) is 17.7 Å². The summed E-state index contributed by atoms with van der Waals surface area (Å²) >= 11 is 0. The van der Waals surface area contributed by atoms with Gasteiger partial charge in [0.25, 0.3) is 0 Å². The first-order valence-electron chi connectivity index (χ1n) is 7.40. The lowest BCUT2D eigenvalue weighted by atomic mass is 10.1. The van der Waals surface area contributed by atoms with Crippen molar-refractivity contribution in [1.82, 2.24) is 0 Å². The molecule has 0 fully saturated rings. The highest BCUT2D eigenvalue weighted by Gasteiger charge is 2.03. The molecule has 0 aliphatic heterocycles. The molecule has 0 unspecified atom stereocenters. The fourth-order valence-corrected chi connectivity index (χ4v) is 2.07. The molecule has 0 heterocycles. The number of nitrogens with two attached hydrogens (primary N) is 1. The largest absolute Gasteiger partial charge is 0.494 e. The van der Waals surface area contributed by atoms with Crippen LogP contribution in [0.1, 0.15) is 24.0 Å². The summed E-state index contributed by atoms with van der Waals surface area (Å²) in [5.41, 5.74) is 9.48. The van der Waals surface area contributed by atoms with Crippen LogP contribution in [0, 0.1) is 13.8 Å². The monoisotopic (exact) mass is 298 g/mol. The van der Waals surface area contributed by atoms with Crippen LogP contribution in [0.5, 0.6) is 5.75 Å². The van der Waals surface area contributed by atoms with Gasteiger partial charge in [-0.2, -0.15) is 0 Å². The van der Waals surface area contributed by atoms with Crippen LogP contribution in [0.4, 0.5) is 11.4 Å². The summed E-state index contributed by atoms with van der Waals surface area (Å²) in [7, 11) is 0. The van der Waals surface area contributed by atoms with Crippen LogP contribution in [-0.4, -0.2) is 12.5 Å². The number of anilines is 2. The summed E-state index contributed by atoms with van der Waals surface area (Å²) in [6, 6.07) is 13.2. The normalized spacial score (nSPS) is 10.3. The maximum absolute atomic E-state index is 11.8. The van der Waals surface area contributed by atoms with E-state index in [-0.39, 0.29) is 5.91 Å². The van der Waals surface area contributed by atoms with Crippen molar-refractivity contribution in [3.63, 3.8) is 0 Å². The second-order valence-corrected chi connectivity index (χ2v) is 5.37. The van der Waals surface area contributed by atoms with E-state index < -0.39 is 0 Å². The number of carbonyl (C=O) groups excluding carboxylic acids is 1. The molecule has 0 saturated heterocycles. The zero-order valence-corrected chi connectivity index (χ0v) is 13.1. The first kappa shape index (κ1) is 15.9. The van der Waals surface area contributed by atoms with Crippen molar-refractivity contribution in [1.29, 1.82) is 0 Å². The van der Waals surface area contributed by atoms with Gasteiger partial charge in [-0.15, -0.1) is 0 Å². The minimum Gasteiger partial charge on any atom is -0.494 e. The number of rotatable bonds is 6. The third-order valence-electron chi connectivity index (χ3n) is 3.47. The molecule has 0 spiro atoms. The average molecular weight is 298 g/mol. The predicted octanol–water partition coefficient (Wildman–Crippen LogP) is 3.68. The van der Waals surface area contributed by atoms with Crippen LogP contribution in [0.3, 0.4) is 0 Å². The smallest absolute Gasteiger partial charge is 0.224 e. The Morgan fingerprint density at radius 1 is 1.14 bits per heavy atom. The van der Waals surface area contributed by atoms with Crippen molar-refractivity contribution >= 4 is 17.3 Å². The molecular weight excluding hydrogens is 276 g/mol. The van der Waals surface area contributed by atoms with Crippen LogP contribution in [0.2, 0.25) is 0 Å². The molecule has 0 aromatic heterocycles. The topological polar surface area (TPSA) is 64.3 Å². The van der Waals surface area contributed by atoms with E-state index in [2.05, 4.69) is 19.2 Å². The number of hydrogen-bond acceptors (Lipinski definition) is 3. The Morgan fingerprint density at radius 2 is 1.95 bits per heavy atom. The molecule has 2 rings (SSSR count). The molecule has 4 nitrogen and oxygen atoms in total. The van der Waals surface area contributed by atoms with Gasteiger partial charge in [-0.05, 0) is 61.7 Å². The number of benzene rings is 2. The van der Waals surface area contributed by atoms with Crippen molar-refractivity contribution in [2.45, 2.75) is 26.7 Å². The van der Waals surface area contributed by atoms with E-state index in [0.29, 0.717) is 25.1 Å². The standard InChI is InChI=1S/C18H22N2O2/c1-13-8-9-17(11-14(13)2)22-10-4-7-18(21)20-16-6-3-5-15(19)12-16/h3,5-6,8-9,11-12H,4,7,10,19H2,1-2H3,(H,20,21). The zero-order valence-electron chi connectivity index (χ0n) is 13.1. The van der Waals surface area contributed by atoms with Crippen molar-refractivity contribution < 1.29 is 9.53 Å². The molecule has 22 heavy (non-hydrogen) atoms. The Labute approximate surface area is 131 Å². The maximum atomic E-state index is 11.8. The van der Waals surface area contributed by atoms with Gasteiger partial charge in [0.15, 0.2) is 0 Å². The third-order valence-corrected chi connectivity index (χ3v) is 3.47. The molecule has 3 N–H and O–H groups in total. The molecule has 0 atom stereocenters. The van der Waals surface area contributed by atoms with E-state index in [1.165, 1.54) is 11.1 Å². The van der Waals surface area contributed by atoms with Crippen LogP contribution in [0.15, 0.2) is 42.5 Å². The molecule has 4 heteroatoms. The quantitative estimate of drug-likeness (QED) is 0.631. The van der Waals surface area contributed by atoms with Crippen molar-refractivity contribution in [3.8, 4) is 5.75 Å². The van der Waals surface area contributed by atoms with Gasteiger partial charge in [0.1, 0.15) is 5.75 Å². The van der Waals surface area contributed by atoms with Gasteiger partial charge < -0.3 is 15.8 Å². The number of aryl methyl sites for hydroxylation is 2. The summed E-state index contributed by atoms with van der Waals surface area (Å²) in [6.45, 7) is 4.65. The lowest BCUT2D eigenvalue weighted by Crippen LogP contribution is -2.13. The van der Waals surface area contributed by atoms with Crippen LogP contribution >= 0.6 is 0 Å². The number of ether oxygens (including phenoxy) is 1. The SMILES string of the molecule is Cc1ccc(OCCCC(=O)Nc2cccc(N)c2)cc1C. The Balaban J connectivity index is 1.72. The summed E-state index contributed by atoms with van der Waals surface area (Å²) in [5.74, 6) is 0.814. The number of hydrogen-bond donors (Lipinski definition) is 2. The fourth-order valence-electron chi connectivity index (χ4n) is 2.07. The van der Waals surface area contributed by atoms with E-state index in [4.69, 9.17) is 10.5 Å². The predicted molar refractivity (Wildman–Crippen MR) is 90.1 cm³/mol. The van der Waals surface area contributed by atoms with E-state index in [0.717, 1.165) is 11.4 Å². The lowest BCUT2D eigenvalue weighted by Gasteiger charge is -2.09. The molecule has 0 saturated carbocycles. The van der Waals surface area contributed by atoms with Gasteiger partial charge in [0.05, 0.1) is 6.61 Å². The number of carbonyl (C=O) groups is 1. The van der Waals surface area contributed by atoms with Gasteiger partial charge in [-0.1, -0.05) is 12.1 Å². The van der Waals surface area contributed by atoms with Gasteiger partial charge >= 0.3 is 0 Å². The highest BCUT2D eigenvalue weighted by atomic mass is 16.5. The molecular formula is C18H22N2O2. The van der Waals surface area contributed by atoms with E-state index in [1.54, 1.807) is 12.1 Å². The number of nitrogen functional groups attached to an aromatic ring is 1. The van der Waals surface area contributed by atoms with Crippen LogP contribution in [-0.2, 0) is 4.79 Å². The molecule has 0 aliphatic carbocycles. The molecule has 2 aromatic rings. The van der Waals surface area contributed by atoms with Gasteiger partial charge in [0.2, 0.25) is 5.91 Å². The summed E-state index contributed by atoms with van der Waals surface area (Å²) in [4.78, 5) is 11.8. The first-order valence-corrected chi connectivity index (χ1v) is 7.40. The third kappa shape index (κ3) is 4.81. The Morgan fingerprint density at radius 3 is 2.68 bits per heavy atom. The van der Waals surface area contributed by atoms with Gasteiger partial charge in [-0.25, -0.2) is 0 Å². The minimum atomic E-state index is -0.0331. The van der Waals surface area contributed by atoms with E-state index in [9.17, 15) is 4.79 Å². The molecule has 0 radical (unpaired) electrons. The highest BCUT2D eigenvalue weighted by Crippen LogP contribution is 2.17. The van der Waals surface area contributed by atoms with E-state index in [1.807, 2.05) is 30.3 Å². The average Bonchev–Trinajstić information content (AvgIpc) is 2.47. The zero-order chi connectivity index (χ0) is 15.9. The van der Waals surface area contributed by atoms with Crippen LogP contribution in [0.25, 0.3) is 0 Å². The number of nitrogens with one attached hydrogen (secondary N) is 1. The number of amides is 1. The molecule has 116 valence electrons. The molecule has 1 amide bonds. The van der Waals surface area contributed by atoms with Crippen molar-refractivity contribution in [2.24, 2.45) is 0 Å². The summed E-state index contributed by atoms with van der Waals surface area (Å²) in [5, 5.41) is 2.82. The van der Waals surface area contributed by atoms with E-state index >= 15 is 0 Å². The maximum Gasteiger partial charge on any atom is 0.224 e. The second kappa shape index (κ2) is 7.50. The fraction of sp³-hybridized carbons (Fsp3) is 0.278. The van der Waals surface area contributed by atoms with Crippen molar-refractivity contribution in [3.05, 3.63) is 53.6 Å². The minimum absolute atomic E-state index is 0.0331. The van der Waals surface area contributed by atoms with Gasteiger partial charge in [-0.3, -0.25) is 4.79 Å². The molecule has 0 bridgehead atoms. The first-order chi connectivity index (χ1) is 10.5. The Bertz CT molecular complexity index is 653. The second-order valence-electron chi connectivity index (χ2n) is 5.37. The lowest BCUT2D eigenvalue weighted by molar-refractivity contribution is -0.116. The van der Waals surface area contributed by atoms with Gasteiger partial charge in [0, 0.05) is 17.8 Å². The van der Waals surface area contributed by atoms with Crippen LogP contribution < -0.4 is 15.8 Å². The summed E-state index contributed by atoms with van der Waals surface area (Å²) in [6.07, 6.45) is 1.08. The summed E-state index contributed by atoms with van der Waals surface area (Å²) < 4.78 is 5.66. The highest BCUT2D eigenvalue weighted by molar-refractivity contribution is 5.91. The Hall–Kier alpha value is -2.49. The molecule has 0 aliphatic rings.